The van der Waals surface area contributed by atoms with Gasteiger partial charge in [0, 0.05) is 39.3 Å². The van der Waals surface area contributed by atoms with Crippen molar-refractivity contribution in [3.05, 3.63) is 83.0 Å². The van der Waals surface area contributed by atoms with Crippen LogP contribution in [0.25, 0.3) is 10.9 Å². The molecule has 0 radical (unpaired) electrons. The van der Waals surface area contributed by atoms with Crippen LogP contribution >= 0.6 is 11.6 Å². The molecule has 1 amide bonds. The number of hydrogen-bond acceptors (Lipinski definition) is 2. The standard InChI is InChI=1S/C20H18ClN3O/c1-3-12-24-14(2)18(17-6-4-5-7-19(17)24)13-22-23-20(25)15-8-10-16(21)11-9-15/h3-11,13H,1,12H2,2H3,(H,23,25)/b22-13+. The molecule has 126 valence electrons. The van der Waals surface area contributed by atoms with Crippen molar-refractivity contribution in [2.45, 2.75) is 13.5 Å². The Balaban J connectivity index is 1.86. The van der Waals surface area contributed by atoms with Crippen molar-refractivity contribution >= 4 is 34.6 Å². The molecule has 1 aromatic heterocycles. The highest BCUT2D eigenvalue weighted by atomic mass is 35.5. The summed E-state index contributed by atoms with van der Waals surface area (Å²) >= 11 is 5.83. The first-order valence-corrected chi connectivity index (χ1v) is 8.27. The van der Waals surface area contributed by atoms with Gasteiger partial charge in [0.1, 0.15) is 0 Å². The monoisotopic (exact) mass is 351 g/mol. The number of nitrogens with zero attached hydrogens (tertiary/aromatic N) is 2. The predicted molar refractivity (Wildman–Crippen MR) is 103 cm³/mol. The van der Waals surface area contributed by atoms with Crippen molar-refractivity contribution in [2.75, 3.05) is 0 Å². The molecule has 0 unspecified atom stereocenters. The Labute approximate surface area is 151 Å². The van der Waals surface area contributed by atoms with Gasteiger partial charge >= 0.3 is 0 Å². The summed E-state index contributed by atoms with van der Waals surface area (Å²) in [5, 5.41) is 5.81. The molecule has 3 rings (SSSR count). The van der Waals surface area contributed by atoms with Crippen LogP contribution in [0.1, 0.15) is 21.6 Å². The van der Waals surface area contributed by atoms with E-state index in [4.69, 9.17) is 11.6 Å². The summed E-state index contributed by atoms with van der Waals surface area (Å²) in [7, 11) is 0. The third-order valence-corrected chi connectivity index (χ3v) is 4.31. The molecule has 0 aliphatic carbocycles. The first-order valence-electron chi connectivity index (χ1n) is 7.89. The normalized spacial score (nSPS) is 11.1. The number of halogens is 1. The number of nitrogens with one attached hydrogen (secondary N) is 1. The highest BCUT2D eigenvalue weighted by Gasteiger charge is 2.11. The third kappa shape index (κ3) is 3.49. The van der Waals surface area contributed by atoms with Crippen LogP contribution in [0, 0.1) is 6.92 Å². The van der Waals surface area contributed by atoms with E-state index < -0.39 is 0 Å². The van der Waals surface area contributed by atoms with Gasteiger partial charge in [-0.3, -0.25) is 4.79 Å². The van der Waals surface area contributed by atoms with Crippen LogP contribution in [-0.2, 0) is 6.54 Å². The molecule has 3 aromatic rings. The summed E-state index contributed by atoms with van der Waals surface area (Å²) in [6.45, 7) is 6.57. The SMILES string of the molecule is C=CCn1c(C)c(/C=N/NC(=O)c2ccc(Cl)cc2)c2ccccc21. The second-order valence-corrected chi connectivity index (χ2v) is 6.06. The fourth-order valence-electron chi connectivity index (χ4n) is 2.81. The Bertz CT molecular complexity index is 955. The summed E-state index contributed by atoms with van der Waals surface area (Å²) in [6.07, 6.45) is 3.55. The second kappa shape index (κ2) is 7.36. The number of rotatable bonds is 5. The summed E-state index contributed by atoms with van der Waals surface area (Å²) in [5.74, 6) is -0.277. The first-order chi connectivity index (χ1) is 12.1. The number of carbonyl (C=O) groups is 1. The summed E-state index contributed by atoms with van der Waals surface area (Å²) in [5.41, 5.74) is 6.24. The molecule has 4 nitrogen and oxygen atoms in total. The maximum atomic E-state index is 12.1. The van der Waals surface area contributed by atoms with Crippen molar-refractivity contribution in [1.82, 2.24) is 9.99 Å². The lowest BCUT2D eigenvalue weighted by molar-refractivity contribution is 0.0955. The fraction of sp³-hybridized carbons (Fsp3) is 0.100. The van der Waals surface area contributed by atoms with Gasteiger partial charge in [-0.2, -0.15) is 5.10 Å². The van der Waals surface area contributed by atoms with E-state index >= 15 is 0 Å². The zero-order valence-corrected chi connectivity index (χ0v) is 14.6. The molecular weight excluding hydrogens is 334 g/mol. The lowest BCUT2D eigenvalue weighted by Gasteiger charge is -2.04. The van der Waals surface area contributed by atoms with E-state index in [-0.39, 0.29) is 5.91 Å². The van der Waals surface area contributed by atoms with E-state index in [0.29, 0.717) is 10.6 Å². The molecule has 1 heterocycles. The van der Waals surface area contributed by atoms with E-state index in [9.17, 15) is 4.79 Å². The van der Waals surface area contributed by atoms with Crippen molar-refractivity contribution in [1.29, 1.82) is 0 Å². The third-order valence-electron chi connectivity index (χ3n) is 4.06. The Hall–Kier alpha value is -2.85. The number of benzene rings is 2. The molecule has 25 heavy (non-hydrogen) atoms. The van der Waals surface area contributed by atoms with Gasteiger partial charge in [-0.15, -0.1) is 6.58 Å². The first kappa shape index (κ1) is 17.0. The van der Waals surface area contributed by atoms with Gasteiger partial charge in [-0.25, -0.2) is 5.43 Å². The van der Waals surface area contributed by atoms with Gasteiger partial charge in [-0.05, 0) is 37.3 Å². The molecule has 0 aliphatic rings. The molecule has 0 fully saturated rings. The molecular formula is C20H18ClN3O. The van der Waals surface area contributed by atoms with E-state index in [2.05, 4.69) is 27.7 Å². The minimum absolute atomic E-state index is 0.277. The molecule has 5 heteroatoms. The Kier molecular flexibility index (Phi) is 5.00. The lowest BCUT2D eigenvalue weighted by atomic mass is 10.1. The van der Waals surface area contributed by atoms with Gasteiger partial charge in [0.15, 0.2) is 0 Å². The van der Waals surface area contributed by atoms with Gasteiger partial charge < -0.3 is 4.57 Å². The van der Waals surface area contributed by atoms with Crippen LogP contribution in [0.5, 0.6) is 0 Å². The van der Waals surface area contributed by atoms with Gasteiger partial charge in [0.25, 0.3) is 5.91 Å². The largest absolute Gasteiger partial charge is 0.340 e. The van der Waals surface area contributed by atoms with Crippen LogP contribution in [0.3, 0.4) is 0 Å². The molecule has 2 aromatic carbocycles. The molecule has 0 aliphatic heterocycles. The van der Waals surface area contributed by atoms with Gasteiger partial charge in [0.2, 0.25) is 0 Å². The average molecular weight is 352 g/mol. The second-order valence-electron chi connectivity index (χ2n) is 5.62. The van der Waals surface area contributed by atoms with E-state index in [1.54, 1.807) is 30.5 Å². The summed E-state index contributed by atoms with van der Waals surface area (Å²) in [6, 6.07) is 14.8. The fourth-order valence-corrected chi connectivity index (χ4v) is 2.93. The smallest absolute Gasteiger partial charge is 0.271 e. The molecule has 0 atom stereocenters. The van der Waals surface area contributed by atoms with Crippen molar-refractivity contribution in [3.8, 4) is 0 Å². The van der Waals surface area contributed by atoms with E-state index in [0.717, 1.165) is 28.7 Å². The number of para-hydroxylation sites is 1. The molecule has 0 saturated heterocycles. The minimum atomic E-state index is -0.277. The van der Waals surface area contributed by atoms with E-state index in [1.165, 1.54) is 0 Å². The van der Waals surface area contributed by atoms with Crippen LogP contribution < -0.4 is 5.43 Å². The molecule has 0 saturated carbocycles. The maximum absolute atomic E-state index is 12.1. The van der Waals surface area contributed by atoms with Crippen LogP contribution in [-0.4, -0.2) is 16.7 Å². The minimum Gasteiger partial charge on any atom is -0.340 e. The molecule has 0 spiro atoms. The number of hydrazone groups is 1. The zero-order chi connectivity index (χ0) is 17.8. The lowest BCUT2D eigenvalue weighted by Crippen LogP contribution is -2.17. The van der Waals surface area contributed by atoms with Crippen molar-refractivity contribution in [3.63, 3.8) is 0 Å². The summed E-state index contributed by atoms with van der Waals surface area (Å²) < 4.78 is 2.17. The van der Waals surface area contributed by atoms with Gasteiger partial charge in [-0.1, -0.05) is 35.9 Å². The Morgan fingerprint density at radius 3 is 2.68 bits per heavy atom. The number of fused-ring (bicyclic) bond motifs is 1. The quantitative estimate of drug-likeness (QED) is 0.409. The summed E-state index contributed by atoms with van der Waals surface area (Å²) in [4.78, 5) is 12.1. The van der Waals surface area contributed by atoms with E-state index in [1.807, 2.05) is 31.2 Å². The highest BCUT2D eigenvalue weighted by Crippen LogP contribution is 2.24. The highest BCUT2D eigenvalue weighted by molar-refractivity contribution is 6.30. The average Bonchev–Trinajstić information content (AvgIpc) is 2.88. The van der Waals surface area contributed by atoms with Crippen molar-refractivity contribution in [2.24, 2.45) is 5.10 Å². The van der Waals surface area contributed by atoms with Crippen molar-refractivity contribution < 1.29 is 4.79 Å². The molecule has 0 bridgehead atoms. The Morgan fingerprint density at radius 2 is 1.96 bits per heavy atom. The number of hydrogen-bond donors (Lipinski definition) is 1. The topological polar surface area (TPSA) is 46.4 Å². The maximum Gasteiger partial charge on any atom is 0.271 e. The number of allylic oxidation sites excluding steroid dienone is 1. The Morgan fingerprint density at radius 1 is 1.24 bits per heavy atom. The molecule has 1 N–H and O–H groups in total. The van der Waals surface area contributed by atoms with Gasteiger partial charge in [0.05, 0.1) is 6.21 Å². The van der Waals surface area contributed by atoms with Crippen LogP contribution in [0.2, 0.25) is 5.02 Å². The number of amides is 1. The number of carbonyl (C=O) groups excluding carboxylic acids is 1. The van der Waals surface area contributed by atoms with Crippen LogP contribution in [0.15, 0.2) is 66.3 Å². The predicted octanol–water partition coefficient (Wildman–Crippen LogP) is 4.55. The number of aromatic nitrogens is 1. The zero-order valence-electron chi connectivity index (χ0n) is 13.9. The van der Waals surface area contributed by atoms with Crippen LogP contribution in [0.4, 0.5) is 0 Å².